The average Bonchev–Trinajstić information content (AvgIpc) is 2.28. The highest BCUT2D eigenvalue weighted by Crippen LogP contribution is 2.13. The Morgan fingerprint density at radius 2 is 1.76 bits per heavy atom. The number of hydrogen-bond donors (Lipinski definition) is 1. The predicted octanol–water partition coefficient (Wildman–Crippen LogP) is 2.70. The highest BCUT2D eigenvalue weighted by atomic mass is 32.2. The summed E-state index contributed by atoms with van der Waals surface area (Å²) in [5, 5.41) is 0. The van der Waals surface area contributed by atoms with E-state index in [1.165, 1.54) is 24.3 Å². The maximum atomic E-state index is 11.7. The second-order valence-corrected chi connectivity index (χ2v) is 5.30. The molecule has 0 fully saturated rings. The minimum Gasteiger partial charge on any atom is -0.294 e. The van der Waals surface area contributed by atoms with Crippen LogP contribution in [-0.2, 0) is 10.1 Å². The van der Waals surface area contributed by atoms with Gasteiger partial charge in [-0.1, -0.05) is 31.9 Å². The molecule has 5 heteroatoms. The zero-order valence-electron chi connectivity index (χ0n) is 9.72. The van der Waals surface area contributed by atoms with Crippen molar-refractivity contribution in [1.29, 1.82) is 0 Å². The molecule has 0 bridgehead atoms. The van der Waals surface area contributed by atoms with Crippen LogP contribution >= 0.6 is 0 Å². The van der Waals surface area contributed by atoms with E-state index in [2.05, 4.69) is 6.92 Å². The third kappa shape index (κ3) is 4.28. The minimum absolute atomic E-state index is 0.000313. The van der Waals surface area contributed by atoms with Crippen molar-refractivity contribution in [2.45, 2.75) is 37.5 Å². The molecule has 1 rings (SSSR count). The molecule has 0 saturated heterocycles. The normalized spacial score (nSPS) is 11.4. The number of benzene rings is 1. The zero-order valence-corrected chi connectivity index (χ0v) is 10.5. The van der Waals surface area contributed by atoms with E-state index in [-0.39, 0.29) is 10.7 Å². The van der Waals surface area contributed by atoms with Crippen LogP contribution in [0.1, 0.15) is 43.0 Å². The number of Topliss-reactive ketones (excluding diaryl/α,β-unsaturated/α-hetero) is 1. The van der Waals surface area contributed by atoms with Crippen molar-refractivity contribution in [3.8, 4) is 0 Å². The van der Waals surface area contributed by atoms with Gasteiger partial charge in [0.15, 0.2) is 5.78 Å². The Bertz CT molecular complexity index is 474. The van der Waals surface area contributed by atoms with Crippen LogP contribution < -0.4 is 0 Å². The maximum Gasteiger partial charge on any atom is 0.294 e. The summed E-state index contributed by atoms with van der Waals surface area (Å²) in [6.07, 6.45) is 3.37. The van der Waals surface area contributed by atoms with Crippen LogP contribution in [0, 0.1) is 0 Å². The van der Waals surface area contributed by atoms with Crippen LogP contribution in [0.25, 0.3) is 0 Å². The molecule has 17 heavy (non-hydrogen) atoms. The zero-order chi connectivity index (χ0) is 12.9. The summed E-state index contributed by atoms with van der Waals surface area (Å²) in [7, 11) is -4.18. The minimum atomic E-state index is -4.18. The number of carbonyl (C=O) groups is 1. The molecule has 0 aliphatic rings. The number of ketones is 1. The lowest BCUT2D eigenvalue weighted by Gasteiger charge is -2.01. The third-order valence-corrected chi connectivity index (χ3v) is 3.35. The summed E-state index contributed by atoms with van der Waals surface area (Å²) >= 11 is 0. The summed E-state index contributed by atoms with van der Waals surface area (Å²) in [5.41, 5.74) is 0.480. The second kappa shape index (κ2) is 5.93. The Morgan fingerprint density at radius 3 is 2.24 bits per heavy atom. The smallest absolute Gasteiger partial charge is 0.294 e. The lowest BCUT2D eigenvalue weighted by Crippen LogP contribution is -2.01. The van der Waals surface area contributed by atoms with Crippen LogP contribution in [-0.4, -0.2) is 18.8 Å². The summed E-state index contributed by atoms with van der Waals surface area (Å²) in [4.78, 5) is 11.5. The molecule has 4 nitrogen and oxygen atoms in total. The van der Waals surface area contributed by atoms with Gasteiger partial charge in [0.25, 0.3) is 10.1 Å². The monoisotopic (exact) mass is 256 g/mol. The van der Waals surface area contributed by atoms with Crippen molar-refractivity contribution in [2.75, 3.05) is 0 Å². The van der Waals surface area contributed by atoms with Gasteiger partial charge < -0.3 is 0 Å². The molecule has 1 aromatic rings. The van der Waals surface area contributed by atoms with Gasteiger partial charge in [0.1, 0.15) is 0 Å². The van der Waals surface area contributed by atoms with Gasteiger partial charge >= 0.3 is 0 Å². The number of carbonyl (C=O) groups excluding carboxylic acids is 1. The maximum absolute atomic E-state index is 11.7. The van der Waals surface area contributed by atoms with Crippen LogP contribution in [0.4, 0.5) is 0 Å². The molecule has 0 heterocycles. The molecular formula is C12H16O4S. The Kier molecular flexibility index (Phi) is 4.84. The highest BCUT2D eigenvalue weighted by Gasteiger charge is 2.10. The van der Waals surface area contributed by atoms with E-state index >= 15 is 0 Å². The van der Waals surface area contributed by atoms with E-state index in [1.54, 1.807) is 0 Å². The quantitative estimate of drug-likeness (QED) is 0.482. The Labute approximate surface area is 101 Å². The standard InChI is InChI=1S/C12H16O4S/c1-2-3-4-5-12(13)10-6-8-11(9-7-10)17(14,15)16/h6-9H,2-5H2,1H3,(H,14,15,16). The Hall–Kier alpha value is -1.20. The van der Waals surface area contributed by atoms with Gasteiger partial charge in [-0.2, -0.15) is 8.42 Å². The van der Waals surface area contributed by atoms with Crippen molar-refractivity contribution in [3.05, 3.63) is 29.8 Å². The van der Waals surface area contributed by atoms with Crippen molar-refractivity contribution in [2.24, 2.45) is 0 Å². The van der Waals surface area contributed by atoms with Gasteiger partial charge in [0.2, 0.25) is 0 Å². The summed E-state index contributed by atoms with van der Waals surface area (Å²) in [6.45, 7) is 2.06. The van der Waals surface area contributed by atoms with E-state index in [9.17, 15) is 13.2 Å². The molecular weight excluding hydrogens is 240 g/mol. The molecule has 0 aromatic heterocycles. The van der Waals surface area contributed by atoms with Crippen molar-refractivity contribution in [1.82, 2.24) is 0 Å². The first kappa shape index (κ1) is 13.9. The molecule has 0 unspecified atom stereocenters. The molecule has 0 aliphatic carbocycles. The fourth-order valence-corrected chi connectivity index (χ4v) is 1.97. The molecule has 0 atom stereocenters. The van der Waals surface area contributed by atoms with Gasteiger partial charge in [-0.05, 0) is 18.6 Å². The fraction of sp³-hybridized carbons (Fsp3) is 0.417. The first-order valence-electron chi connectivity index (χ1n) is 5.56. The largest absolute Gasteiger partial charge is 0.294 e. The molecule has 1 N–H and O–H groups in total. The fourth-order valence-electron chi connectivity index (χ4n) is 1.49. The van der Waals surface area contributed by atoms with Gasteiger partial charge in [0.05, 0.1) is 4.90 Å². The van der Waals surface area contributed by atoms with Crippen LogP contribution in [0.15, 0.2) is 29.2 Å². The summed E-state index contributed by atoms with van der Waals surface area (Å²) < 4.78 is 30.4. The molecule has 0 saturated carbocycles. The second-order valence-electron chi connectivity index (χ2n) is 3.88. The summed E-state index contributed by atoms with van der Waals surface area (Å²) in [5.74, 6) is 0.000313. The average molecular weight is 256 g/mol. The van der Waals surface area contributed by atoms with Crippen LogP contribution in [0.3, 0.4) is 0 Å². The van der Waals surface area contributed by atoms with Crippen LogP contribution in [0.2, 0.25) is 0 Å². The third-order valence-electron chi connectivity index (χ3n) is 2.48. The topological polar surface area (TPSA) is 71.4 Å². The van der Waals surface area contributed by atoms with Gasteiger partial charge in [0, 0.05) is 12.0 Å². The van der Waals surface area contributed by atoms with Gasteiger partial charge in [-0.15, -0.1) is 0 Å². The SMILES string of the molecule is CCCCCC(=O)c1ccc(S(=O)(=O)O)cc1. The number of hydrogen-bond acceptors (Lipinski definition) is 3. The van der Waals surface area contributed by atoms with Crippen molar-refractivity contribution < 1.29 is 17.8 Å². The predicted molar refractivity (Wildman–Crippen MR) is 64.7 cm³/mol. The number of unbranched alkanes of at least 4 members (excludes halogenated alkanes) is 2. The molecule has 0 amide bonds. The van der Waals surface area contributed by atoms with E-state index in [1.807, 2.05) is 0 Å². The highest BCUT2D eigenvalue weighted by molar-refractivity contribution is 7.85. The lowest BCUT2D eigenvalue weighted by atomic mass is 10.1. The molecule has 94 valence electrons. The van der Waals surface area contributed by atoms with E-state index < -0.39 is 10.1 Å². The first-order chi connectivity index (χ1) is 7.95. The lowest BCUT2D eigenvalue weighted by molar-refractivity contribution is 0.0979. The Balaban J connectivity index is 2.71. The summed E-state index contributed by atoms with van der Waals surface area (Å²) in [6, 6.07) is 5.33. The molecule has 1 aromatic carbocycles. The molecule has 0 radical (unpaired) electrons. The van der Waals surface area contributed by atoms with E-state index in [0.717, 1.165) is 19.3 Å². The number of rotatable bonds is 6. The van der Waals surface area contributed by atoms with E-state index in [0.29, 0.717) is 12.0 Å². The van der Waals surface area contributed by atoms with Crippen molar-refractivity contribution >= 4 is 15.9 Å². The Morgan fingerprint density at radius 1 is 1.18 bits per heavy atom. The van der Waals surface area contributed by atoms with Crippen molar-refractivity contribution in [3.63, 3.8) is 0 Å². The molecule has 0 spiro atoms. The van der Waals surface area contributed by atoms with E-state index in [4.69, 9.17) is 4.55 Å². The van der Waals surface area contributed by atoms with Gasteiger partial charge in [-0.25, -0.2) is 0 Å². The van der Waals surface area contributed by atoms with Gasteiger partial charge in [-0.3, -0.25) is 9.35 Å². The molecule has 0 aliphatic heterocycles. The first-order valence-corrected chi connectivity index (χ1v) is 7.00. The van der Waals surface area contributed by atoms with Crippen LogP contribution in [0.5, 0.6) is 0 Å².